The van der Waals surface area contributed by atoms with E-state index in [4.69, 9.17) is 4.74 Å². The zero-order chi connectivity index (χ0) is 18.6. The van der Waals surface area contributed by atoms with Crippen LogP contribution < -0.4 is 10.1 Å². The predicted molar refractivity (Wildman–Crippen MR) is 100 cm³/mol. The van der Waals surface area contributed by atoms with Gasteiger partial charge in [-0.2, -0.15) is 0 Å². The van der Waals surface area contributed by atoms with Crippen molar-refractivity contribution in [3.63, 3.8) is 0 Å². The van der Waals surface area contributed by atoms with Gasteiger partial charge >= 0.3 is 0 Å². The van der Waals surface area contributed by atoms with E-state index in [1.165, 1.54) is 12.1 Å². The number of rotatable bonds is 6. The van der Waals surface area contributed by atoms with Crippen LogP contribution in [0.4, 0.5) is 0 Å². The van der Waals surface area contributed by atoms with Gasteiger partial charge in [-0.3, -0.25) is 4.79 Å². The highest BCUT2D eigenvalue weighted by Crippen LogP contribution is 2.19. The van der Waals surface area contributed by atoms with Crippen molar-refractivity contribution in [2.24, 2.45) is 0 Å². The van der Waals surface area contributed by atoms with Crippen LogP contribution in [0.25, 0.3) is 0 Å². The third kappa shape index (κ3) is 5.57. The Morgan fingerprint density at radius 3 is 2.12 bits per heavy atom. The molecule has 1 amide bonds. The number of halogens is 1. The van der Waals surface area contributed by atoms with Crippen LogP contribution in [0.1, 0.15) is 25.5 Å². The van der Waals surface area contributed by atoms with Gasteiger partial charge in [0.25, 0.3) is 5.91 Å². The smallest absolute Gasteiger partial charge is 0.261 e. The molecule has 2 atom stereocenters. The van der Waals surface area contributed by atoms with Gasteiger partial charge in [-0.1, -0.05) is 28.1 Å². The summed E-state index contributed by atoms with van der Waals surface area (Å²) in [7, 11) is -3.23. The Bertz CT molecular complexity index is 832. The van der Waals surface area contributed by atoms with Crippen molar-refractivity contribution in [2.75, 3.05) is 6.26 Å². The van der Waals surface area contributed by atoms with Crippen molar-refractivity contribution in [3.05, 3.63) is 58.6 Å². The Balaban J connectivity index is 1.97. The first-order chi connectivity index (χ1) is 11.7. The number of hydrogen-bond donors (Lipinski definition) is 1. The fraction of sp³-hybridized carbons (Fsp3) is 0.278. The number of hydrogen-bond acceptors (Lipinski definition) is 4. The zero-order valence-corrected chi connectivity index (χ0v) is 16.6. The van der Waals surface area contributed by atoms with Crippen LogP contribution in [0.3, 0.4) is 0 Å². The van der Waals surface area contributed by atoms with Crippen LogP contribution in [0, 0.1) is 0 Å². The fourth-order valence-corrected chi connectivity index (χ4v) is 3.08. The van der Waals surface area contributed by atoms with Crippen LogP contribution in [0.5, 0.6) is 5.75 Å². The molecule has 2 aromatic carbocycles. The molecule has 0 aromatic heterocycles. The van der Waals surface area contributed by atoms with Gasteiger partial charge in [0.1, 0.15) is 5.75 Å². The number of carbonyl (C=O) groups is 1. The van der Waals surface area contributed by atoms with Crippen LogP contribution in [-0.4, -0.2) is 26.7 Å². The summed E-state index contributed by atoms with van der Waals surface area (Å²) < 4.78 is 29.5. The summed E-state index contributed by atoms with van der Waals surface area (Å²) >= 11 is 3.34. The number of sulfone groups is 1. The van der Waals surface area contributed by atoms with Gasteiger partial charge in [0.2, 0.25) is 0 Å². The Labute approximate surface area is 156 Å². The van der Waals surface area contributed by atoms with E-state index in [0.717, 1.165) is 16.3 Å². The molecule has 0 saturated carbocycles. The lowest BCUT2D eigenvalue weighted by Gasteiger charge is -2.19. The molecule has 0 saturated heterocycles. The molecule has 134 valence electrons. The lowest BCUT2D eigenvalue weighted by molar-refractivity contribution is -0.127. The molecular formula is C18H20BrNO4S. The highest BCUT2D eigenvalue weighted by atomic mass is 79.9. The van der Waals surface area contributed by atoms with Gasteiger partial charge in [-0.05, 0) is 55.8 Å². The largest absolute Gasteiger partial charge is 0.481 e. The molecule has 25 heavy (non-hydrogen) atoms. The first-order valence-corrected chi connectivity index (χ1v) is 10.4. The van der Waals surface area contributed by atoms with Crippen LogP contribution in [0.2, 0.25) is 0 Å². The average Bonchev–Trinajstić information content (AvgIpc) is 2.56. The predicted octanol–water partition coefficient (Wildman–Crippen LogP) is 3.50. The summed E-state index contributed by atoms with van der Waals surface area (Å²) in [5.41, 5.74) is 0.816. The van der Waals surface area contributed by atoms with Gasteiger partial charge < -0.3 is 10.1 Å². The van der Waals surface area contributed by atoms with E-state index in [0.29, 0.717) is 5.75 Å². The Kier molecular flexibility index (Phi) is 6.24. The summed E-state index contributed by atoms with van der Waals surface area (Å²) in [5.74, 6) is 0.360. The van der Waals surface area contributed by atoms with Crippen molar-refractivity contribution in [3.8, 4) is 5.75 Å². The second-order valence-electron chi connectivity index (χ2n) is 5.79. The first kappa shape index (κ1) is 19.5. The molecule has 5 nitrogen and oxygen atoms in total. The number of benzene rings is 2. The molecular weight excluding hydrogens is 406 g/mol. The summed E-state index contributed by atoms with van der Waals surface area (Å²) in [6.45, 7) is 3.51. The molecule has 0 spiro atoms. The van der Waals surface area contributed by atoms with Crippen molar-refractivity contribution in [2.45, 2.75) is 30.9 Å². The molecule has 0 aliphatic carbocycles. The molecule has 0 bridgehead atoms. The normalized spacial score (nSPS) is 13.8. The maximum atomic E-state index is 12.3. The average molecular weight is 426 g/mol. The minimum absolute atomic E-state index is 0.248. The van der Waals surface area contributed by atoms with Gasteiger partial charge in [-0.15, -0.1) is 0 Å². The van der Waals surface area contributed by atoms with E-state index < -0.39 is 15.9 Å². The van der Waals surface area contributed by atoms with E-state index in [-0.39, 0.29) is 16.8 Å². The quantitative estimate of drug-likeness (QED) is 0.768. The number of carbonyl (C=O) groups excluding carboxylic acids is 1. The standard InChI is InChI=1S/C18H20BrNO4S/c1-12(14-4-10-17(11-5-14)25(3,22)23)20-18(21)13(2)24-16-8-6-15(19)7-9-16/h4-13H,1-3H3,(H,20,21)/t12-,13-/m0/s1. The van der Waals surface area contributed by atoms with Crippen molar-refractivity contribution >= 4 is 31.7 Å². The van der Waals surface area contributed by atoms with E-state index in [2.05, 4.69) is 21.2 Å². The zero-order valence-electron chi connectivity index (χ0n) is 14.2. The number of ether oxygens (including phenoxy) is 1. The minimum atomic E-state index is -3.23. The monoisotopic (exact) mass is 425 g/mol. The molecule has 2 aromatic rings. The molecule has 1 N–H and O–H groups in total. The Morgan fingerprint density at radius 2 is 1.60 bits per heavy atom. The lowest BCUT2D eigenvalue weighted by Crippen LogP contribution is -2.37. The highest BCUT2D eigenvalue weighted by Gasteiger charge is 2.18. The molecule has 0 aliphatic rings. The SMILES string of the molecule is C[C@H](Oc1ccc(Br)cc1)C(=O)N[C@@H](C)c1ccc(S(C)(=O)=O)cc1. The van der Waals surface area contributed by atoms with Crippen LogP contribution in [0.15, 0.2) is 57.9 Å². The Hall–Kier alpha value is -1.86. The third-order valence-electron chi connectivity index (χ3n) is 3.66. The summed E-state index contributed by atoms with van der Waals surface area (Å²) in [4.78, 5) is 12.5. The molecule has 0 fully saturated rings. The summed E-state index contributed by atoms with van der Waals surface area (Å²) in [5, 5.41) is 2.86. The van der Waals surface area contributed by atoms with Crippen molar-refractivity contribution in [1.82, 2.24) is 5.32 Å². The van der Waals surface area contributed by atoms with Gasteiger partial charge in [0.15, 0.2) is 15.9 Å². The van der Waals surface area contributed by atoms with E-state index in [1.54, 1.807) is 31.2 Å². The molecule has 0 heterocycles. The maximum Gasteiger partial charge on any atom is 0.261 e. The Morgan fingerprint density at radius 1 is 1.04 bits per heavy atom. The van der Waals surface area contributed by atoms with Gasteiger partial charge in [0.05, 0.1) is 10.9 Å². The molecule has 0 aliphatic heterocycles. The van der Waals surface area contributed by atoms with Gasteiger partial charge in [-0.25, -0.2) is 8.42 Å². The first-order valence-electron chi connectivity index (χ1n) is 7.69. The lowest BCUT2D eigenvalue weighted by atomic mass is 10.1. The maximum absolute atomic E-state index is 12.3. The van der Waals surface area contributed by atoms with Crippen LogP contribution >= 0.6 is 15.9 Å². The van der Waals surface area contributed by atoms with Crippen molar-refractivity contribution in [1.29, 1.82) is 0 Å². The fourth-order valence-electron chi connectivity index (χ4n) is 2.19. The number of nitrogens with one attached hydrogen (secondary N) is 1. The second kappa shape index (κ2) is 8.01. The molecule has 0 radical (unpaired) electrons. The minimum Gasteiger partial charge on any atom is -0.481 e. The van der Waals surface area contributed by atoms with E-state index >= 15 is 0 Å². The number of amides is 1. The van der Waals surface area contributed by atoms with E-state index in [1.807, 2.05) is 19.1 Å². The van der Waals surface area contributed by atoms with Crippen molar-refractivity contribution < 1.29 is 17.9 Å². The second-order valence-corrected chi connectivity index (χ2v) is 8.72. The van der Waals surface area contributed by atoms with Crippen LogP contribution in [-0.2, 0) is 14.6 Å². The van der Waals surface area contributed by atoms with E-state index in [9.17, 15) is 13.2 Å². The third-order valence-corrected chi connectivity index (χ3v) is 5.32. The highest BCUT2D eigenvalue weighted by molar-refractivity contribution is 9.10. The summed E-state index contributed by atoms with van der Waals surface area (Å²) in [6, 6.07) is 13.4. The molecule has 0 unspecified atom stereocenters. The topological polar surface area (TPSA) is 72.5 Å². The summed E-state index contributed by atoms with van der Waals surface area (Å²) in [6.07, 6.45) is 0.507. The molecule has 2 rings (SSSR count). The molecule has 7 heteroatoms. The van der Waals surface area contributed by atoms with Gasteiger partial charge in [0, 0.05) is 10.7 Å².